The molecule has 0 saturated heterocycles. The zero-order valence-corrected chi connectivity index (χ0v) is 8.38. The van der Waals surface area contributed by atoms with Crippen LogP contribution in [-0.2, 0) is 4.79 Å². The SMILES string of the molecule is CC/C(=C/C(C)=O)c1ccc(F)cc1. The third kappa shape index (κ3) is 2.80. The van der Waals surface area contributed by atoms with E-state index in [1.807, 2.05) is 6.92 Å². The summed E-state index contributed by atoms with van der Waals surface area (Å²) in [6, 6.07) is 6.18. The normalized spacial score (nSPS) is 11.5. The topological polar surface area (TPSA) is 17.1 Å². The van der Waals surface area contributed by atoms with Crippen molar-refractivity contribution in [3.8, 4) is 0 Å². The van der Waals surface area contributed by atoms with Crippen molar-refractivity contribution >= 4 is 11.4 Å². The van der Waals surface area contributed by atoms with Gasteiger partial charge in [0.25, 0.3) is 0 Å². The van der Waals surface area contributed by atoms with Crippen molar-refractivity contribution in [2.45, 2.75) is 20.3 Å². The van der Waals surface area contributed by atoms with E-state index < -0.39 is 0 Å². The number of hydrogen-bond acceptors (Lipinski definition) is 1. The van der Waals surface area contributed by atoms with Crippen LogP contribution in [0.15, 0.2) is 30.3 Å². The van der Waals surface area contributed by atoms with Gasteiger partial charge in [0, 0.05) is 0 Å². The second-order valence-electron chi connectivity index (χ2n) is 3.14. The van der Waals surface area contributed by atoms with E-state index in [1.54, 1.807) is 18.2 Å². The average Bonchev–Trinajstić information content (AvgIpc) is 2.15. The van der Waals surface area contributed by atoms with Gasteiger partial charge >= 0.3 is 0 Å². The molecule has 0 aromatic heterocycles. The van der Waals surface area contributed by atoms with Crippen molar-refractivity contribution in [2.24, 2.45) is 0 Å². The van der Waals surface area contributed by atoms with E-state index >= 15 is 0 Å². The smallest absolute Gasteiger partial charge is 0.152 e. The summed E-state index contributed by atoms with van der Waals surface area (Å²) in [5.41, 5.74) is 1.85. The van der Waals surface area contributed by atoms with Gasteiger partial charge in [-0.1, -0.05) is 19.1 Å². The van der Waals surface area contributed by atoms with Crippen molar-refractivity contribution in [2.75, 3.05) is 0 Å². The molecule has 0 amide bonds. The second-order valence-corrected chi connectivity index (χ2v) is 3.14. The highest BCUT2D eigenvalue weighted by molar-refractivity contribution is 5.95. The molecule has 0 saturated carbocycles. The molecule has 1 rings (SSSR count). The number of benzene rings is 1. The van der Waals surface area contributed by atoms with Crippen LogP contribution in [0.5, 0.6) is 0 Å². The number of rotatable bonds is 3. The summed E-state index contributed by atoms with van der Waals surface area (Å²) in [5.74, 6) is -0.238. The van der Waals surface area contributed by atoms with E-state index in [4.69, 9.17) is 0 Å². The molecule has 74 valence electrons. The zero-order chi connectivity index (χ0) is 10.6. The summed E-state index contributed by atoms with van der Waals surface area (Å²) in [7, 11) is 0. The fourth-order valence-corrected chi connectivity index (χ4v) is 1.30. The van der Waals surface area contributed by atoms with Gasteiger partial charge in [-0.2, -0.15) is 0 Å². The highest BCUT2D eigenvalue weighted by Crippen LogP contribution is 2.18. The summed E-state index contributed by atoms with van der Waals surface area (Å²) in [5, 5.41) is 0. The minimum Gasteiger partial charge on any atom is -0.295 e. The molecule has 0 atom stereocenters. The van der Waals surface area contributed by atoms with Gasteiger partial charge in [0.2, 0.25) is 0 Å². The summed E-state index contributed by atoms with van der Waals surface area (Å²) in [6.45, 7) is 3.48. The average molecular weight is 192 g/mol. The minimum absolute atomic E-state index is 0.0196. The van der Waals surface area contributed by atoms with Crippen LogP contribution in [0.3, 0.4) is 0 Å². The molecule has 0 aliphatic carbocycles. The Balaban J connectivity index is 3.01. The third-order valence-electron chi connectivity index (χ3n) is 1.97. The maximum atomic E-state index is 12.6. The summed E-state index contributed by atoms with van der Waals surface area (Å²) < 4.78 is 12.6. The number of ketones is 1. The molecule has 1 aromatic rings. The van der Waals surface area contributed by atoms with E-state index in [2.05, 4.69) is 0 Å². The van der Waals surface area contributed by atoms with Crippen LogP contribution in [0.1, 0.15) is 25.8 Å². The number of hydrogen-bond donors (Lipinski definition) is 0. The van der Waals surface area contributed by atoms with E-state index in [9.17, 15) is 9.18 Å². The lowest BCUT2D eigenvalue weighted by Gasteiger charge is -2.03. The molecule has 0 spiro atoms. The summed E-state index contributed by atoms with van der Waals surface area (Å²) >= 11 is 0. The zero-order valence-electron chi connectivity index (χ0n) is 8.38. The Hall–Kier alpha value is -1.44. The highest BCUT2D eigenvalue weighted by Gasteiger charge is 2.00. The first-order valence-corrected chi connectivity index (χ1v) is 4.60. The second kappa shape index (κ2) is 4.70. The van der Waals surface area contributed by atoms with E-state index in [-0.39, 0.29) is 11.6 Å². The van der Waals surface area contributed by atoms with Gasteiger partial charge in [-0.05, 0) is 42.7 Å². The van der Waals surface area contributed by atoms with Crippen LogP contribution < -0.4 is 0 Å². The van der Waals surface area contributed by atoms with Crippen LogP contribution >= 0.6 is 0 Å². The van der Waals surface area contributed by atoms with Crippen molar-refractivity contribution in [3.63, 3.8) is 0 Å². The molecule has 0 radical (unpaired) electrons. The largest absolute Gasteiger partial charge is 0.295 e. The van der Waals surface area contributed by atoms with Gasteiger partial charge in [-0.3, -0.25) is 4.79 Å². The monoisotopic (exact) mass is 192 g/mol. The van der Waals surface area contributed by atoms with E-state index in [1.165, 1.54) is 19.1 Å². The Bertz CT molecular complexity index is 349. The lowest BCUT2D eigenvalue weighted by molar-refractivity contribution is -0.112. The van der Waals surface area contributed by atoms with Crippen molar-refractivity contribution in [1.29, 1.82) is 0 Å². The predicted molar refractivity (Wildman–Crippen MR) is 55.3 cm³/mol. The molecule has 1 nitrogen and oxygen atoms in total. The van der Waals surface area contributed by atoms with E-state index in [0.29, 0.717) is 0 Å². The molecule has 1 aromatic carbocycles. The molecule has 0 heterocycles. The van der Waals surface area contributed by atoms with Gasteiger partial charge in [0.05, 0.1) is 0 Å². The first-order chi connectivity index (χ1) is 6.63. The summed E-state index contributed by atoms with van der Waals surface area (Å²) in [4.78, 5) is 10.9. The van der Waals surface area contributed by atoms with Crippen molar-refractivity contribution in [3.05, 3.63) is 41.7 Å². The molecule has 0 fully saturated rings. The molecule has 0 bridgehead atoms. The first kappa shape index (κ1) is 10.6. The number of carbonyl (C=O) groups excluding carboxylic acids is 1. The Morgan fingerprint density at radius 2 is 1.93 bits per heavy atom. The maximum absolute atomic E-state index is 12.6. The number of halogens is 1. The molecule has 0 N–H and O–H groups in total. The molecular formula is C12H13FO. The van der Waals surface area contributed by atoms with Crippen LogP contribution in [0.25, 0.3) is 5.57 Å². The van der Waals surface area contributed by atoms with Gasteiger partial charge in [-0.15, -0.1) is 0 Å². The quantitative estimate of drug-likeness (QED) is 0.672. The van der Waals surface area contributed by atoms with Crippen LogP contribution in [0.4, 0.5) is 4.39 Å². The fraction of sp³-hybridized carbons (Fsp3) is 0.250. The van der Waals surface area contributed by atoms with Crippen LogP contribution in [0.2, 0.25) is 0 Å². The highest BCUT2D eigenvalue weighted by atomic mass is 19.1. The molecular weight excluding hydrogens is 179 g/mol. The van der Waals surface area contributed by atoms with E-state index in [0.717, 1.165) is 17.6 Å². The Morgan fingerprint density at radius 3 is 2.36 bits per heavy atom. The van der Waals surface area contributed by atoms with Gasteiger partial charge in [0.1, 0.15) is 5.82 Å². The molecule has 14 heavy (non-hydrogen) atoms. The lowest BCUT2D eigenvalue weighted by atomic mass is 10.0. The van der Waals surface area contributed by atoms with Gasteiger partial charge in [-0.25, -0.2) is 4.39 Å². The number of carbonyl (C=O) groups is 1. The molecule has 2 heteroatoms. The third-order valence-corrected chi connectivity index (χ3v) is 1.97. The van der Waals surface area contributed by atoms with Crippen molar-refractivity contribution in [1.82, 2.24) is 0 Å². The summed E-state index contributed by atoms with van der Waals surface area (Å²) in [6.07, 6.45) is 2.36. The lowest BCUT2D eigenvalue weighted by Crippen LogP contribution is -1.89. The van der Waals surface area contributed by atoms with Gasteiger partial charge in [0.15, 0.2) is 5.78 Å². The van der Waals surface area contributed by atoms with Crippen LogP contribution in [0, 0.1) is 5.82 Å². The minimum atomic E-state index is -0.257. The maximum Gasteiger partial charge on any atom is 0.152 e. The Morgan fingerprint density at radius 1 is 1.36 bits per heavy atom. The van der Waals surface area contributed by atoms with Crippen LogP contribution in [-0.4, -0.2) is 5.78 Å². The molecule has 0 unspecified atom stereocenters. The Labute approximate surface area is 83.3 Å². The molecule has 0 aliphatic rings. The number of allylic oxidation sites excluding steroid dienone is 2. The first-order valence-electron chi connectivity index (χ1n) is 4.60. The van der Waals surface area contributed by atoms with Crippen molar-refractivity contribution < 1.29 is 9.18 Å². The van der Waals surface area contributed by atoms with Gasteiger partial charge < -0.3 is 0 Å². The standard InChI is InChI=1S/C12H13FO/c1-3-10(8-9(2)14)11-4-6-12(13)7-5-11/h4-8H,3H2,1-2H3/b10-8-. The molecule has 0 aliphatic heterocycles. The Kier molecular flexibility index (Phi) is 3.57. The fourth-order valence-electron chi connectivity index (χ4n) is 1.30. The predicted octanol–water partition coefficient (Wildman–Crippen LogP) is 3.21.